The van der Waals surface area contributed by atoms with E-state index in [2.05, 4.69) is 15.8 Å². The van der Waals surface area contributed by atoms with E-state index in [-0.39, 0.29) is 28.2 Å². The second kappa shape index (κ2) is 11.5. The summed E-state index contributed by atoms with van der Waals surface area (Å²) in [6.07, 6.45) is 1.36. The standard InChI is InChI=1S/C21H20Cl2N4O5/c22-16-2-1-3-17(19(16)23)25-20(29)21(30)26-24-12-14-4-6-15(7-5-14)32-13-18(28)27-8-10-31-11-9-27/h1-7,12H,8-11,13H2,(H,25,29)(H,26,30)/b24-12-. The number of morpholine rings is 1. The van der Waals surface area contributed by atoms with Gasteiger partial charge in [-0.15, -0.1) is 0 Å². The molecule has 0 bridgehead atoms. The van der Waals surface area contributed by atoms with Gasteiger partial charge in [-0.25, -0.2) is 5.43 Å². The zero-order chi connectivity index (χ0) is 22.9. The zero-order valence-electron chi connectivity index (χ0n) is 16.8. The normalized spacial score (nSPS) is 13.6. The fraction of sp³-hybridized carbons (Fsp3) is 0.238. The van der Waals surface area contributed by atoms with Crippen LogP contribution >= 0.6 is 23.2 Å². The highest BCUT2D eigenvalue weighted by Crippen LogP contribution is 2.29. The molecule has 168 valence electrons. The van der Waals surface area contributed by atoms with E-state index >= 15 is 0 Å². The number of halogens is 2. The molecule has 1 fully saturated rings. The number of ether oxygens (including phenoxy) is 2. The van der Waals surface area contributed by atoms with E-state index in [0.29, 0.717) is 37.6 Å². The molecule has 11 heteroatoms. The van der Waals surface area contributed by atoms with Gasteiger partial charge in [0.1, 0.15) is 5.75 Å². The number of hydrogen-bond acceptors (Lipinski definition) is 6. The molecule has 2 N–H and O–H groups in total. The van der Waals surface area contributed by atoms with Crippen molar-refractivity contribution >= 4 is 52.8 Å². The van der Waals surface area contributed by atoms with Crippen molar-refractivity contribution in [1.82, 2.24) is 10.3 Å². The van der Waals surface area contributed by atoms with E-state index < -0.39 is 11.8 Å². The van der Waals surface area contributed by atoms with Gasteiger partial charge in [-0.1, -0.05) is 29.3 Å². The Bertz CT molecular complexity index is 1010. The highest BCUT2D eigenvalue weighted by Gasteiger charge is 2.17. The SMILES string of the molecule is O=C(N/N=C\c1ccc(OCC(=O)N2CCOCC2)cc1)C(=O)Nc1cccc(Cl)c1Cl. The quantitative estimate of drug-likeness (QED) is 0.376. The molecule has 3 rings (SSSR count). The molecular formula is C21H20Cl2N4O5. The average Bonchev–Trinajstić information content (AvgIpc) is 2.81. The molecule has 1 aliphatic heterocycles. The van der Waals surface area contributed by atoms with Gasteiger partial charge >= 0.3 is 11.8 Å². The monoisotopic (exact) mass is 478 g/mol. The van der Waals surface area contributed by atoms with Crippen molar-refractivity contribution in [3.8, 4) is 5.75 Å². The molecule has 0 aliphatic carbocycles. The third-order valence-electron chi connectivity index (χ3n) is 4.39. The van der Waals surface area contributed by atoms with Gasteiger partial charge in [-0.05, 0) is 42.0 Å². The van der Waals surface area contributed by atoms with Crippen LogP contribution in [0.5, 0.6) is 5.75 Å². The molecule has 2 aromatic carbocycles. The Hall–Kier alpha value is -3.14. The van der Waals surface area contributed by atoms with Crippen molar-refractivity contribution in [1.29, 1.82) is 0 Å². The van der Waals surface area contributed by atoms with Gasteiger partial charge in [0, 0.05) is 13.1 Å². The van der Waals surface area contributed by atoms with Gasteiger partial charge in [0.15, 0.2) is 6.61 Å². The Morgan fingerprint density at radius 3 is 2.50 bits per heavy atom. The number of hydrogen-bond donors (Lipinski definition) is 2. The molecule has 2 aromatic rings. The van der Waals surface area contributed by atoms with Crippen molar-refractivity contribution in [2.24, 2.45) is 5.10 Å². The average molecular weight is 479 g/mol. The highest BCUT2D eigenvalue weighted by molar-refractivity contribution is 6.45. The molecule has 0 saturated carbocycles. The first-order valence-corrected chi connectivity index (χ1v) is 10.4. The summed E-state index contributed by atoms with van der Waals surface area (Å²) in [5.74, 6) is -1.50. The van der Waals surface area contributed by atoms with Crippen LogP contribution in [0, 0.1) is 0 Å². The van der Waals surface area contributed by atoms with Gasteiger partial charge in [0.25, 0.3) is 5.91 Å². The van der Waals surface area contributed by atoms with Crippen molar-refractivity contribution in [3.05, 3.63) is 58.1 Å². The molecule has 0 unspecified atom stereocenters. The minimum absolute atomic E-state index is 0.0603. The molecule has 32 heavy (non-hydrogen) atoms. The number of carbonyl (C=O) groups is 3. The van der Waals surface area contributed by atoms with Crippen LogP contribution in [-0.4, -0.2) is 61.7 Å². The maximum Gasteiger partial charge on any atom is 0.329 e. The van der Waals surface area contributed by atoms with Crippen LogP contribution < -0.4 is 15.5 Å². The summed E-state index contributed by atoms with van der Waals surface area (Å²) in [7, 11) is 0. The Morgan fingerprint density at radius 1 is 1.06 bits per heavy atom. The van der Waals surface area contributed by atoms with Crippen LogP contribution in [-0.2, 0) is 19.1 Å². The first kappa shape index (κ1) is 23.5. The molecule has 1 heterocycles. The summed E-state index contributed by atoms with van der Waals surface area (Å²) in [5, 5.41) is 6.49. The van der Waals surface area contributed by atoms with E-state index in [9.17, 15) is 14.4 Å². The lowest BCUT2D eigenvalue weighted by Gasteiger charge is -2.26. The second-order valence-corrected chi connectivity index (χ2v) is 7.39. The number of hydrazone groups is 1. The number of nitrogens with zero attached hydrogens (tertiary/aromatic N) is 2. The van der Waals surface area contributed by atoms with Crippen molar-refractivity contribution < 1.29 is 23.9 Å². The van der Waals surface area contributed by atoms with Gasteiger partial charge in [0.05, 0.1) is 35.2 Å². The first-order valence-electron chi connectivity index (χ1n) is 9.61. The molecule has 0 atom stereocenters. The lowest BCUT2D eigenvalue weighted by Crippen LogP contribution is -2.42. The van der Waals surface area contributed by atoms with Crippen LogP contribution in [0.25, 0.3) is 0 Å². The van der Waals surface area contributed by atoms with Crippen molar-refractivity contribution in [2.45, 2.75) is 0 Å². The number of nitrogens with one attached hydrogen (secondary N) is 2. The largest absolute Gasteiger partial charge is 0.484 e. The van der Waals surface area contributed by atoms with Crippen LogP contribution in [0.1, 0.15) is 5.56 Å². The molecule has 0 spiro atoms. The number of amides is 3. The third-order valence-corrected chi connectivity index (χ3v) is 5.21. The van der Waals surface area contributed by atoms with Crippen LogP contribution in [0.3, 0.4) is 0 Å². The predicted octanol–water partition coefficient (Wildman–Crippen LogP) is 2.32. The second-order valence-electron chi connectivity index (χ2n) is 6.61. The minimum Gasteiger partial charge on any atom is -0.484 e. The van der Waals surface area contributed by atoms with Gasteiger partial charge in [-0.3, -0.25) is 14.4 Å². The highest BCUT2D eigenvalue weighted by atomic mass is 35.5. The van der Waals surface area contributed by atoms with Crippen molar-refractivity contribution in [2.75, 3.05) is 38.2 Å². The Labute approximate surface area is 194 Å². The van der Waals surface area contributed by atoms with E-state index in [1.165, 1.54) is 12.3 Å². The summed E-state index contributed by atoms with van der Waals surface area (Å²) in [6.45, 7) is 2.13. The smallest absolute Gasteiger partial charge is 0.329 e. The molecule has 0 radical (unpaired) electrons. The summed E-state index contributed by atoms with van der Waals surface area (Å²) in [5.41, 5.74) is 2.99. The van der Waals surface area contributed by atoms with E-state index in [4.69, 9.17) is 32.7 Å². The Kier molecular flexibility index (Phi) is 8.43. The lowest BCUT2D eigenvalue weighted by molar-refractivity contribution is -0.137. The first-order chi connectivity index (χ1) is 15.4. The maximum atomic E-state index is 12.1. The fourth-order valence-electron chi connectivity index (χ4n) is 2.69. The summed E-state index contributed by atoms with van der Waals surface area (Å²) >= 11 is 11.8. The summed E-state index contributed by atoms with van der Waals surface area (Å²) in [6, 6.07) is 11.4. The minimum atomic E-state index is -0.973. The molecular weight excluding hydrogens is 459 g/mol. The molecule has 0 aromatic heterocycles. The Balaban J connectivity index is 1.44. The lowest BCUT2D eigenvalue weighted by atomic mass is 10.2. The van der Waals surface area contributed by atoms with E-state index in [1.54, 1.807) is 41.3 Å². The number of anilines is 1. The maximum absolute atomic E-state index is 12.1. The number of carbonyl (C=O) groups excluding carboxylic acids is 3. The molecule has 9 nitrogen and oxygen atoms in total. The summed E-state index contributed by atoms with van der Waals surface area (Å²) < 4.78 is 10.7. The summed E-state index contributed by atoms with van der Waals surface area (Å²) in [4.78, 5) is 37.6. The van der Waals surface area contributed by atoms with Crippen LogP contribution in [0.2, 0.25) is 10.0 Å². The van der Waals surface area contributed by atoms with Gasteiger partial charge < -0.3 is 19.7 Å². The van der Waals surface area contributed by atoms with E-state index in [0.717, 1.165) is 0 Å². The van der Waals surface area contributed by atoms with Crippen molar-refractivity contribution in [3.63, 3.8) is 0 Å². The fourth-order valence-corrected chi connectivity index (χ4v) is 3.04. The topological polar surface area (TPSA) is 109 Å². The van der Waals surface area contributed by atoms with Crippen LogP contribution in [0.4, 0.5) is 5.69 Å². The predicted molar refractivity (Wildman–Crippen MR) is 120 cm³/mol. The third kappa shape index (κ3) is 6.68. The number of benzene rings is 2. The molecule has 1 aliphatic rings. The van der Waals surface area contributed by atoms with Gasteiger partial charge in [0.2, 0.25) is 0 Å². The Morgan fingerprint density at radius 2 is 1.78 bits per heavy atom. The van der Waals surface area contributed by atoms with Gasteiger partial charge in [-0.2, -0.15) is 5.10 Å². The molecule has 1 saturated heterocycles. The molecule has 3 amide bonds. The number of rotatable bonds is 6. The van der Waals surface area contributed by atoms with Crippen LogP contribution in [0.15, 0.2) is 47.6 Å². The van der Waals surface area contributed by atoms with E-state index in [1.807, 2.05) is 0 Å². The zero-order valence-corrected chi connectivity index (χ0v) is 18.4.